The molecule has 1 heterocycles. The molecule has 3 aromatic carbocycles. The summed E-state index contributed by atoms with van der Waals surface area (Å²) in [5, 5.41) is 17.5. The van der Waals surface area contributed by atoms with Gasteiger partial charge in [-0.15, -0.1) is 0 Å². The van der Waals surface area contributed by atoms with Crippen molar-refractivity contribution in [3.63, 3.8) is 0 Å². The van der Waals surface area contributed by atoms with E-state index >= 15 is 0 Å². The van der Waals surface area contributed by atoms with Crippen LogP contribution in [0.15, 0.2) is 102 Å². The quantitative estimate of drug-likeness (QED) is 0.0397. The molecule has 6 N–H and O–H groups in total. The largest absolute Gasteiger partial charge is 0.480 e. The summed E-state index contributed by atoms with van der Waals surface area (Å²) in [4.78, 5) is 45.4. The van der Waals surface area contributed by atoms with E-state index in [-0.39, 0.29) is 17.1 Å². The van der Waals surface area contributed by atoms with E-state index in [1.165, 1.54) is 26.2 Å². The molecule has 4 atom stereocenters. The Kier molecular flexibility index (Phi) is 15.8. The topological polar surface area (TPSA) is 193 Å². The van der Waals surface area contributed by atoms with Crippen LogP contribution < -0.4 is 21.7 Å². The summed E-state index contributed by atoms with van der Waals surface area (Å²) < 4.78 is 23.2. The molecule has 56 heavy (non-hydrogen) atoms. The summed E-state index contributed by atoms with van der Waals surface area (Å²) in [6.07, 6.45) is 7.35. The minimum Gasteiger partial charge on any atom is -0.480 e. The number of carboxylic acids is 1. The number of hydrogen-bond donors (Lipinski definition) is 5. The highest BCUT2D eigenvalue weighted by molar-refractivity contribution is 7.90. The minimum atomic E-state index is -3.49. The first-order valence-electron chi connectivity index (χ1n) is 18.7. The zero-order valence-corrected chi connectivity index (χ0v) is 33.2. The number of unbranched alkanes of at least 4 members (excludes halogenated alkanes) is 2. The van der Waals surface area contributed by atoms with Gasteiger partial charge in [-0.25, -0.2) is 18.4 Å². The van der Waals surface area contributed by atoms with Gasteiger partial charge < -0.3 is 26.8 Å². The summed E-state index contributed by atoms with van der Waals surface area (Å²) >= 11 is 0. The standard InChI is InChI=1S/C43H52N6O6S/c1-30-23-25-36(26-24-30)43(34-17-10-7-11-18-34,35-19-12-8-13-20-35)38(44)22-15-21-37(40(51)48-31(2)39(50)49-32(3)41(52)53)45-27-14-6-5-9-16-33-28-46-42(47-29-33)56(4,54)55/h7-8,10-13,17-20,23-26,28-29,31-32,37-38,45H,5-6,14-15,21-22,27,44H2,1-4H3,(H,48,51)(H,49,50)(H,52,53)/t31-,32-,37-,38?/m0/s1. The van der Waals surface area contributed by atoms with Crippen LogP contribution in [-0.2, 0) is 29.6 Å². The Hall–Kier alpha value is -5.42. The monoisotopic (exact) mass is 780 g/mol. The molecule has 0 saturated carbocycles. The number of aromatic nitrogens is 2. The third-order valence-electron chi connectivity index (χ3n) is 9.64. The van der Waals surface area contributed by atoms with E-state index < -0.39 is 45.3 Å². The van der Waals surface area contributed by atoms with Crippen molar-refractivity contribution in [1.29, 1.82) is 0 Å². The molecule has 12 nitrogen and oxygen atoms in total. The molecule has 0 radical (unpaired) electrons. The first-order valence-corrected chi connectivity index (χ1v) is 20.6. The number of aliphatic carboxylic acids is 1. The summed E-state index contributed by atoms with van der Waals surface area (Å²) in [7, 11) is -3.49. The van der Waals surface area contributed by atoms with Crippen LogP contribution >= 0.6 is 0 Å². The summed E-state index contributed by atoms with van der Waals surface area (Å²) in [6.45, 7) is 5.42. The van der Waals surface area contributed by atoms with Gasteiger partial charge in [0.05, 0.1) is 17.0 Å². The second-order valence-electron chi connectivity index (χ2n) is 14.0. The molecule has 13 heteroatoms. The number of nitrogens with zero attached hydrogens (tertiary/aromatic N) is 2. The van der Waals surface area contributed by atoms with Gasteiger partial charge in [-0.05, 0) is 76.1 Å². The normalized spacial score (nSPS) is 13.7. The maximum atomic E-state index is 13.7. The van der Waals surface area contributed by atoms with Gasteiger partial charge in [-0.1, -0.05) is 102 Å². The lowest BCUT2D eigenvalue weighted by Crippen LogP contribution is -2.53. The Morgan fingerprint density at radius 3 is 1.89 bits per heavy atom. The van der Waals surface area contributed by atoms with E-state index in [0.717, 1.165) is 34.9 Å². The Morgan fingerprint density at radius 1 is 0.786 bits per heavy atom. The average Bonchev–Trinajstić information content (AvgIpc) is 3.18. The Labute approximate surface area is 330 Å². The number of aryl methyl sites for hydroxylation is 1. The molecule has 4 rings (SSSR count). The van der Waals surface area contributed by atoms with E-state index in [0.29, 0.717) is 44.2 Å². The fourth-order valence-electron chi connectivity index (χ4n) is 6.58. The molecule has 0 saturated heterocycles. The average molecular weight is 781 g/mol. The number of nitrogens with two attached hydrogens (primary N) is 1. The highest BCUT2D eigenvalue weighted by Crippen LogP contribution is 2.43. The SMILES string of the molecule is Cc1ccc(C(c2ccccc2)(c2ccccc2)C(N)CCC[C@H](NCCCCC#Cc2cnc(S(C)(=O)=O)nc2)C(=O)N[C@@H](C)C(=O)N[C@@H](C)C(=O)O)cc1. The lowest BCUT2D eigenvalue weighted by Gasteiger charge is -2.41. The Bertz CT molecular complexity index is 2030. The predicted octanol–water partition coefficient (Wildman–Crippen LogP) is 4.29. The van der Waals surface area contributed by atoms with E-state index in [1.54, 1.807) is 0 Å². The molecule has 2 amide bonds. The van der Waals surface area contributed by atoms with Crippen molar-refractivity contribution < 1.29 is 27.9 Å². The number of carbonyl (C=O) groups is 3. The van der Waals surface area contributed by atoms with Crippen LogP contribution in [0.4, 0.5) is 0 Å². The van der Waals surface area contributed by atoms with E-state index in [2.05, 4.69) is 93.2 Å². The first-order chi connectivity index (χ1) is 26.7. The number of sulfone groups is 1. The van der Waals surface area contributed by atoms with Crippen molar-refractivity contribution in [1.82, 2.24) is 25.9 Å². The lowest BCUT2D eigenvalue weighted by molar-refractivity contribution is -0.141. The van der Waals surface area contributed by atoms with E-state index in [4.69, 9.17) is 5.73 Å². The number of nitrogens with one attached hydrogen (secondary N) is 3. The molecule has 0 spiro atoms. The summed E-state index contributed by atoms with van der Waals surface area (Å²) in [5.41, 5.74) is 11.5. The lowest BCUT2D eigenvalue weighted by atomic mass is 9.63. The summed E-state index contributed by atoms with van der Waals surface area (Å²) in [5.74, 6) is 3.84. The Balaban J connectivity index is 1.48. The maximum Gasteiger partial charge on any atom is 0.325 e. The second kappa shape index (κ2) is 20.5. The number of carbonyl (C=O) groups excluding carboxylic acids is 2. The molecule has 4 aromatic rings. The van der Waals surface area contributed by atoms with Crippen LogP contribution in [-0.4, -0.2) is 78.2 Å². The van der Waals surface area contributed by atoms with Crippen molar-refractivity contribution >= 4 is 27.6 Å². The minimum absolute atomic E-state index is 0.252. The van der Waals surface area contributed by atoms with Crippen molar-refractivity contribution in [2.45, 2.75) is 94.0 Å². The van der Waals surface area contributed by atoms with Crippen LogP contribution in [0.25, 0.3) is 0 Å². The number of rotatable bonds is 19. The summed E-state index contributed by atoms with van der Waals surface area (Å²) in [6, 6.07) is 25.8. The number of hydrogen-bond acceptors (Lipinski definition) is 9. The fourth-order valence-corrected chi connectivity index (χ4v) is 7.06. The maximum absolute atomic E-state index is 13.7. The van der Waals surface area contributed by atoms with Gasteiger partial charge in [-0.2, -0.15) is 0 Å². The smallest absolute Gasteiger partial charge is 0.325 e. The third kappa shape index (κ3) is 11.8. The van der Waals surface area contributed by atoms with Gasteiger partial charge in [-0.3, -0.25) is 14.4 Å². The highest BCUT2D eigenvalue weighted by atomic mass is 32.2. The zero-order chi connectivity index (χ0) is 40.7. The molecule has 0 aliphatic rings. The van der Waals surface area contributed by atoms with Gasteiger partial charge in [0.25, 0.3) is 0 Å². The van der Waals surface area contributed by atoms with E-state index in [1.807, 2.05) is 36.4 Å². The molecular formula is C43H52N6O6S. The number of carboxylic acid groups (broad SMARTS) is 1. The van der Waals surface area contributed by atoms with Gasteiger partial charge in [0.2, 0.25) is 26.8 Å². The van der Waals surface area contributed by atoms with Gasteiger partial charge in [0.1, 0.15) is 12.1 Å². The van der Waals surface area contributed by atoms with Crippen LogP contribution in [0.2, 0.25) is 0 Å². The molecule has 1 aromatic heterocycles. The van der Waals surface area contributed by atoms with Crippen LogP contribution in [0.3, 0.4) is 0 Å². The van der Waals surface area contributed by atoms with Gasteiger partial charge in [0.15, 0.2) is 0 Å². The van der Waals surface area contributed by atoms with Crippen molar-refractivity contribution in [2.75, 3.05) is 12.8 Å². The van der Waals surface area contributed by atoms with E-state index in [9.17, 15) is 27.9 Å². The molecule has 0 bridgehead atoms. The van der Waals surface area contributed by atoms with Gasteiger partial charge in [0, 0.05) is 31.1 Å². The molecule has 1 unspecified atom stereocenters. The third-order valence-corrected chi connectivity index (χ3v) is 10.5. The molecule has 0 aliphatic carbocycles. The number of benzene rings is 3. The Morgan fingerprint density at radius 2 is 1.34 bits per heavy atom. The van der Waals surface area contributed by atoms with Crippen molar-refractivity contribution in [2.24, 2.45) is 5.73 Å². The van der Waals surface area contributed by atoms with Crippen molar-refractivity contribution in [3.8, 4) is 11.8 Å². The van der Waals surface area contributed by atoms with Crippen LogP contribution in [0, 0.1) is 18.8 Å². The van der Waals surface area contributed by atoms with Crippen LogP contribution in [0.5, 0.6) is 0 Å². The van der Waals surface area contributed by atoms with Gasteiger partial charge >= 0.3 is 5.97 Å². The molecule has 296 valence electrons. The number of amides is 2. The van der Waals surface area contributed by atoms with Crippen LogP contribution in [0.1, 0.15) is 80.2 Å². The first kappa shape index (κ1) is 43.3. The molecular weight excluding hydrogens is 729 g/mol. The zero-order valence-electron chi connectivity index (χ0n) is 32.4. The molecule has 0 fully saturated rings. The highest BCUT2D eigenvalue weighted by Gasteiger charge is 2.42. The van der Waals surface area contributed by atoms with Crippen molar-refractivity contribution in [3.05, 3.63) is 125 Å². The second-order valence-corrected chi connectivity index (χ2v) is 15.9. The predicted molar refractivity (Wildman–Crippen MR) is 216 cm³/mol. The fraction of sp³-hybridized carbons (Fsp3) is 0.372. The molecule has 0 aliphatic heterocycles.